The van der Waals surface area contributed by atoms with Gasteiger partial charge in [-0.15, -0.1) is 0 Å². The maximum Gasteiger partial charge on any atom is 0.425 e. The van der Waals surface area contributed by atoms with Crippen LogP contribution >= 0.6 is 0 Å². The number of rotatable bonds is 10. The Morgan fingerprint density at radius 1 is 0.865 bits per heavy atom. The maximum atomic E-state index is 13.3. The maximum absolute atomic E-state index is 13.3. The molecule has 13 heteroatoms. The zero-order valence-corrected chi connectivity index (χ0v) is 30.8. The van der Waals surface area contributed by atoms with Gasteiger partial charge in [0, 0.05) is 35.4 Å². The van der Waals surface area contributed by atoms with E-state index in [4.69, 9.17) is 19.9 Å². The van der Waals surface area contributed by atoms with Gasteiger partial charge in [-0.2, -0.15) is 4.90 Å². The van der Waals surface area contributed by atoms with Gasteiger partial charge in [0.05, 0.1) is 6.61 Å². The van der Waals surface area contributed by atoms with E-state index in [1.807, 2.05) is 32.0 Å². The first-order valence-electron chi connectivity index (χ1n) is 16.8. The molecule has 0 saturated heterocycles. The Morgan fingerprint density at radius 2 is 1.54 bits per heavy atom. The Kier molecular flexibility index (Phi) is 12.1. The van der Waals surface area contributed by atoms with Crippen molar-refractivity contribution in [2.75, 3.05) is 22.1 Å². The molecule has 1 heterocycles. The number of hydrogen-bond acceptors (Lipinski definition) is 10. The van der Waals surface area contributed by atoms with Crippen LogP contribution in [0, 0.1) is 6.92 Å². The van der Waals surface area contributed by atoms with Crippen molar-refractivity contribution < 1.29 is 38.5 Å². The van der Waals surface area contributed by atoms with Crippen molar-refractivity contribution in [3.8, 4) is 0 Å². The number of nitrogens with two attached hydrogens (primary N) is 1. The molecule has 0 aliphatic heterocycles. The van der Waals surface area contributed by atoms with Crippen molar-refractivity contribution in [2.45, 2.75) is 85.1 Å². The molecular formula is C39H47N5O8. The Bertz CT molecular complexity index is 1920. The van der Waals surface area contributed by atoms with Crippen LogP contribution in [0.2, 0.25) is 0 Å². The summed E-state index contributed by atoms with van der Waals surface area (Å²) in [5.41, 5.74) is 8.31. The second kappa shape index (κ2) is 16.1. The number of carboxylic acids is 1. The summed E-state index contributed by atoms with van der Waals surface area (Å²) in [5.74, 6) is -1.10. The molecular weight excluding hydrogens is 666 g/mol. The van der Waals surface area contributed by atoms with E-state index in [-0.39, 0.29) is 18.5 Å². The van der Waals surface area contributed by atoms with E-state index >= 15 is 0 Å². The van der Waals surface area contributed by atoms with Crippen LogP contribution in [0.3, 0.4) is 0 Å². The first kappa shape index (κ1) is 39.1. The van der Waals surface area contributed by atoms with Crippen LogP contribution in [0.1, 0.15) is 82.8 Å². The van der Waals surface area contributed by atoms with E-state index in [1.54, 1.807) is 90.1 Å². The van der Waals surface area contributed by atoms with Gasteiger partial charge in [-0.3, -0.25) is 5.32 Å². The fraction of sp³-hybridized carbons (Fsp3) is 0.359. The fourth-order valence-corrected chi connectivity index (χ4v) is 5.23. The van der Waals surface area contributed by atoms with Crippen molar-refractivity contribution in [1.29, 1.82) is 0 Å². The van der Waals surface area contributed by atoms with Gasteiger partial charge in [-0.25, -0.2) is 24.2 Å². The molecule has 0 bridgehead atoms. The molecule has 1 unspecified atom stereocenters. The first-order chi connectivity index (χ1) is 24.3. The van der Waals surface area contributed by atoms with Crippen LogP contribution in [-0.4, -0.2) is 52.1 Å². The summed E-state index contributed by atoms with van der Waals surface area (Å²) < 4.78 is 16.4. The zero-order chi connectivity index (χ0) is 38.4. The molecule has 52 heavy (non-hydrogen) atoms. The summed E-state index contributed by atoms with van der Waals surface area (Å²) in [5, 5.41) is 17.0. The van der Waals surface area contributed by atoms with E-state index in [2.05, 4.69) is 15.6 Å². The average molecular weight is 714 g/mol. The predicted octanol–water partition coefficient (Wildman–Crippen LogP) is 8.27. The van der Waals surface area contributed by atoms with Crippen LogP contribution in [0.5, 0.6) is 0 Å². The summed E-state index contributed by atoms with van der Waals surface area (Å²) in [4.78, 5) is 56.5. The van der Waals surface area contributed by atoms with Crippen LogP contribution < -0.4 is 21.3 Å². The second-order valence-corrected chi connectivity index (χ2v) is 14.4. The largest absolute Gasteiger partial charge is 0.479 e. The number of imide groups is 1. The third kappa shape index (κ3) is 10.7. The molecule has 0 fully saturated rings. The smallest absolute Gasteiger partial charge is 0.425 e. The second-order valence-electron chi connectivity index (χ2n) is 14.4. The molecule has 1 aromatic heterocycles. The number of fused-ring (bicyclic) bond motifs is 1. The highest BCUT2D eigenvalue weighted by molar-refractivity contribution is 6.14. The number of nitrogens with one attached hydrogen (secondary N) is 2. The molecule has 3 aromatic carbocycles. The number of nitrogens with zero attached hydrogens (tertiary/aromatic N) is 2. The Morgan fingerprint density at radius 3 is 2.13 bits per heavy atom. The van der Waals surface area contributed by atoms with Gasteiger partial charge in [-0.1, -0.05) is 30.3 Å². The number of pyridine rings is 1. The normalized spacial score (nSPS) is 12.7. The van der Waals surface area contributed by atoms with E-state index < -0.39 is 41.5 Å². The summed E-state index contributed by atoms with van der Waals surface area (Å²) in [7, 11) is 0. The van der Waals surface area contributed by atoms with Gasteiger partial charge in [0.25, 0.3) is 0 Å². The fourth-order valence-electron chi connectivity index (χ4n) is 5.23. The standard InChI is InChI=1S/C39H47N5O8/c1-23-20-28(13-12-25(23)17-19-50-35(47)43-29-11-9-10-26(21-29)24(2)40)32(34(45)46)42-30-14-15-31-27(22-30)16-18-41-33(31)44(36(48)51-38(3,4)5)37(49)52-39(6,7)8/h9-16,18,20-22,24,32,42H,17,19,40H2,1-8H3,(H,43,47)(H,45,46)/t24-,32?/m1/s1. The number of aryl methyl sites for hydroxylation is 1. The number of amides is 3. The number of carboxylic acid groups (broad SMARTS) is 1. The Labute approximate surface area is 303 Å². The van der Waals surface area contributed by atoms with Gasteiger partial charge in [-0.05, 0) is 119 Å². The average Bonchev–Trinajstić information content (AvgIpc) is 3.02. The van der Waals surface area contributed by atoms with Gasteiger partial charge in [0.2, 0.25) is 0 Å². The number of aliphatic carboxylic acids is 1. The summed E-state index contributed by atoms with van der Waals surface area (Å²) in [6.07, 6.45) is -0.632. The van der Waals surface area contributed by atoms with Crippen molar-refractivity contribution in [3.05, 3.63) is 95.2 Å². The lowest BCUT2D eigenvalue weighted by Gasteiger charge is -2.28. The minimum absolute atomic E-state index is 0.00504. The quantitative estimate of drug-likeness (QED) is 0.116. The van der Waals surface area contributed by atoms with Gasteiger partial charge < -0.3 is 30.4 Å². The highest BCUT2D eigenvalue weighted by atomic mass is 16.6. The number of hydrogen-bond donors (Lipinski definition) is 4. The number of aromatic nitrogens is 1. The number of carbonyl (C=O) groups excluding carboxylic acids is 3. The molecule has 3 amide bonds. The van der Waals surface area contributed by atoms with E-state index in [0.717, 1.165) is 21.6 Å². The lowest BCUT2D eigenvalue weighted by atomic mass is 9.98. The predicted molar refractivity (Wildman–Crippen MR) is 200 cm³/mol. The van der Waals surface area contributed by atoms with Crippen molar-refractivity contribution in [2.24, 2.45) is 5.73 Å². The molecule has 276 valence electrons. The molecule has 0 radical (unpaired) electrons. The van der Waals surface area contributed by atoms with Gasteiger partial charge in [0.1, 0.15) is 11.2 Å². The lowest BCUT2D eigenvalue weighted by molar-refractivity contribution is -0.138. The Balaban J connectivity index is 1.49. The molecule has 13 nitrogen and oxygen atoms in total. The lowest BCUT2D eigenvalue weighted by Crippen LogP contribution is -2.44. The topological polar surface area (TPSA) is 182 Å². The highest BCUT2D eigenvalue weighted by Gasteiger charge is 2.34. The van der Waals surface area contributed by atoms with Crippen molar-refractivity contribution in [3.63, 3.8) is 0 Å². The number of ether oxygens (including phenoxy) is 3. The van der Waals surface area contributed by atoms with E-state index in [9.17, 15) is 24.3 Å². The molecule has 0 saturated carbocycles. The SMILES string of the molecule is Cc1cc(C(Nc2ccc3c(N(C(=O)OC(C)(C)C)C(=O)OC(C)(C)C)nccc3c2)C(=O)O)ccc1CCOC(=O)Nc1cccc([C@@H](C)N)c1. The van der Waals surface area contributed by atoms with Gasteiger partial charge in [0.15, 0.2) is 11.9 Å². The zero-order valence-electron chi connectivity index (χ0n) is 30.8. The van der Waals surface area contributed by atoms with Crippen LogP contribution in [0.15, 0.2) is 72.9 Å². The molecule has 4 aromatic rings. The molecule has 4 rings (SSSR count). The van der Waals surface area contributed by atoms with Crippen molar-refractivity contribution in [1.82, 2.24) is 4.98 Å². The van der Waals surface area contributed by atoms with Crippen LogP contribution in [0.4, 0.5) is 31.6 Å². The molecule has 0 aliphatic carbocycles. The number of benzene rings is 3. The van der Waals surface area contributed by atoms with Crippen LogP contribution in [-0.2, 0) is 25.4 Å². The molecule has 5 N–H and O–H groups in total. The molecule has 0 aliphatic rings. The van der Waals surface area contributed by atoms with Crippen molar-refractivity contribution >= 4 is 52.2 Å². The third-order valence-corrected chi connectivity index (χ3v) is 7.63. The summed E-state index contributed by atoms with van der Waals surface area (Å²) >= 11 is 0. The highest BCUT2D eigenvalue weighted by Crippen LogP contribution is 2.31. The van der Waals surface area contributed by atoms with E-state index in [1.165, 1.54) is 6.20 Å². The number of anilines is 3. The van der Waals surface area contributed by atoms with Gasteiger partial charge >= 0.3 is 24.2 Å². The van der Waals surface area contributed by atoms with E-state index in [0.29, 0.717) is 34.1 Å². The first-order valence-corrected chi connectivity index (χ1v) is 16.8. The minimum atomic E-state index is -1.11. The summed E-state index contributed by atoms with van der Waals surface area (Å²) in [6.45, 7) is 13.9. The summed E-state index contributed by atoms with van der Waals surface area (Å²) in [6, 6.07) is 17.9. The molecule has 0 spiro atoms. The third-order valence-electron chi connectivity index (χ3n) is 7.63. The number of carbonyl (C=O) groups is 4. The molecule has 2 atom stereocenters. The monoisotopic (exact) mass is 713 g/mol. The van der Waals surface area contributed by atoms with Crippen LogP contribution in [0.25, 0.3) is 10.8 Å². The Hall–Kier alpha value is -5.69. The minimum Gasteiger partial charge on any atom is -0.479 e.